The standard InChI is InChI=1S/C21H20ClN3O/c1-25(19-8-3-2-4-9-19)21(26)20-11-10-18(15-24-20)23-13-12-16-6-5-7-17(22)14-16/h2-11,14-15,23H,12-13H2,1H3. The number of anilines is 2. The first-order chi connectivity index (χ1) is 12.6. The van der Waals surface area contributed by atoms with Gasteiger partial charge in [0.1, 0.15) is 5.69 Å². The molecular formula is C21H20ClN3O. The maximum atomic E-state index is 12.5. The lowest BCUT2D eigenvalue weighted by Crippen LogP contribution is -2.26. The van der Waals surface area contributed by atoms with Gasteiger partial charge in [-0.2, -0.15) is 0 Å². The molecule has 0 unspecified atom stereocenters. The van der Waals surface area contributed by atoms with E-state index in [0.29, 0.717) is 5.69 Å². The number of carbonyl (C=O) groups is 1. The van der Waals surface area contributed by atoms with Gasteiger partial charge in [0.25, 0.3) is 5.91 Å². The van der Waals surface area contributed by atoms with E-state index in [9.17, 15) is 4.79 Å². The number of rotatable bonds is 6. The third kappa shape index (κ3) is 4.61. The Kier molecular flexibility index (Phi) is 5.87. The molecule has 3 aromatic rings. The van der Waals surface area contributed by atoms with E-state index in [0.717, 1.165) is 29.4 Å². The summed E-state index contributed by atoms with van der Waals surface area (Å²) in [5.41, 5.74) is 3.31. The molecule has 0 aliphatic heterocycles. The molecule has 0 saturated heterocycles. The van der Waals surface area contributed by atoms with Crippen LogP contribution >= 0.6 is 11.6 Å². The van der Waals surface area contributed by atoms with Crippen molar-refractivity contribution < 1.29 is 4.79 Å². The van der Waals surface area contributed by atoms with Crippen LogP contribution in [0.25, 0.3) is 0 Å². The Hall–Kier alpha value is -2.85. The highest BCUT2D eigenvalue weighted by molar-refractivity contribution is 6.30. The molecule has 0 bridgehead atoms. The maximum Gasteiger partial charge on any atom is 0.276 e. The molecule has 0 spiro atoms. The number of hydrogen-bond donors (Lipinski definition) is 1. The summed E-state index contributed by atoms with van der Waals surface area (Å²) in [5, 5.41) is 4.05. The van der Waals surface area contributed by atoms with Gasteiger partial charge < -0.3 is 10.2 Å². The first kappa shape index (κ1) is 18.0. The highest BCUT2D eigenvalue weighted by Gasteiger charge is 2.14. The van der Waals surface area contributed by atoms with E-state index in [-0.39, 0.29) is 5.91 Å². The summed E-state index contributed by atoms with van der Waals surface area (Å²) in [5.74, 6) is -0.137. The lowest BCUT2D eigenvalue weighted by atomic mass is 10.1. The minimum atomic E-state index is -0.137. The zero-order valence-corrected chi connectivity index (χ0v) is 15.3. The third-order valence-corrected chi connectivity index (χ3v) is 4.30. The molecule has 0 radical (unpaired) electrons. The summed E-state index contributed by atoms with van der Waals surface area (Å²) in [4.78, 5) is 18.4. The molecular weight excluding hydrogens is 346 g/mol. The van der Waals surface area contributed by atoms with Crippen molar-refractivity contribution >= 4 is 28.9 Å². The van der Waals surface area contributed by atoms with Crippen LogP contribution < -0.4 is 10.2 Å². The van der Waals surface area contributed by atoms with Crippen molar-refractivity contribution in [2.45, 2.75) is 6.42 Å². The van der Waals surface area contributed by atoms with E-state index in [1.165, 1.54) is 5.56 Å². The van der Waals surface area contributed by atoms with Gasteiger partial charge in [-0.15, -0.1) is 0 Å². The Bertz CT molecular complexity index is 866. The summed E-state index contributed by atoms with van der Waals surface area (Å²) in [7, 11) is 1.75. The van der Waals surface area contributed by atoms with Gasteiger partial charge in [0.15, 0.2) is 0 Å². The molecule has 1 aromatic heterocycles. The molecule has 0 saturated carbocycles. The van der Waals surface area contributed by atoms with Crippen molar-refractivity contribution in [3.05, 3.63) is 89.2 Å². The number of amides is 1. The molecule has 3 rings (SSSR count). The molecule has 1 amide bonds. The molecule has 0 aliphatic carbocycles. The minimum Gasteiger partial charge on any atom is -0.383 e. The van der Waals surface area contributed by atoms with E-state index in [1.807, 2.05) is 60.7 Å². The Morgan fingerprint density at radius 2 is 1.88 bits per heavy atom. The minimum absolute atomic E-state index is 0.137. The molecule has 5 heteroatoms. The lowest BCUT2D eigenvalue weighted by Gasteiger charge is -2.16. The molecule has 1 heterocycles. The van der Waals surface area contributed by atoms with E-state index >= 15 is 0 Å². The van der Waals surface area contributed by atoms with Crippen LogP contribution in [0, 0.1) is 0 Å². The van der Waals surface area contributed by atoms with Crippen molar-refractivity contribution in [2.75, 3.05) is 23.8 Å². The lowest BCUT2D eigenvalue weighted by molar-refractivity contribution is 0.0988. The monoisotopic (exact) mass is 365 g/mol. The Labute approximate surface area is 158 Å². The van der Waals surface area contributed by atoms with Crippen LogP contribution in [-0.4, -0.2) is 24.5 Å². The van der Waals surface area contributed by atoms with Gasteiger partial charge in [-0.3, -0.25) is 4.79 Å². The Balaban J connectivity index is 1.57. The number of nitrogens with one attached hydrogen (secondary N) is 1. The number of para-hydroxylation sites is 1. The molecule has 1 N–H and O–H groups in total. The van der Waals surface area contributed by atoms with Crippen LogP contribution in [0.4, 0.5) is 11.4 Å². The zero-order chi connectivity index (χ0) is 18.4. The van der Waals surface area contributed by atoms with Crippen molar-refractivity contribution in [1.29, 1.82) is 0 Å². The number of halogens is 1. The highest BCUT2D eigenvalue weighted by Crippen LogP contribution is 2.15. The zero-order valence-electron chi connectivity index (χ0n) is 14.5. The number of aromatic nitrogens is 1. The number of benzene rings is 2. The molecule has 2 aromatic carbocycles. The van der Waals surface area contributed by atoms with Crippen LogP contribution in [-0.2, 0) is 6.42 Å². The number of hydrogen-bond acceptors (Lipinski definition) is 3. The molecule has 0 fully saturated rings. The van der Waals surface area contributed by atoms with Crippen LogP contribution in [0.2, 0.25) is 5.02 Å². The number of carbonyl (C=O) groups excluding carboxylic acids is 1. The summed E-state index contributed by atoms with van der Waals surface area (Å²) in [6, 6.07) is 20.9. The van der Waals surface area contributed by atoms with Crippen LogP contribution in [0.3, 0.4) is 0 Å². The molecule has 132 valence electrons. The van der Waals surface area contributed by atoms with Crippen molar-refractivity contribution in [3.8, 4) is 0 Å². The van der Waals surface area contributed by atoms with Crippen LogP contribution in [0.5, 0.6) is 0 Å². The Morgan fingerprint density at radius 1 is 1.08 bits per heavy atom. The molecule has 26 heavy (non-hydrogen) atoms. The Morgan fingerprint density at radius 3 is 2.58 bits per heavy atom. The topological polar surface area (TPSA) is 45.2 Å². The second-order valence-corrected chi connectivity index (χ2v) is 6.37. The van der Waals surface area contributed by atoms with Crippen LogP contribution in [0.15, 0.2) is 72.9 Å². The predicted octanol–water partition coefficient (Wildman–Crippen LogP) is 4.67. The van der Waals surface area contributed by atoms with Crippen LogP contribution in [0.1, 0.15) is 16.1 Å². The SMILES string of the molecule is CN(C(=O)c1ccc(NCCc2cccc(Cl)c2)cn1)c1ccccc1. The van der Waals surface area contributed by atoms with Gasteiger partial charge in [0, 0.05) is 24.3 Å². The maximum absolute atomic E-state index is 12.5. The van der Waals surface area contributed by atoms with Gasteiger partial charge in [-0.1, -0.05) is 41.9 Å². The van der Waals surface area contributed by atoms with E-state index in [4.69, 9.17) is 11.6 Å². The molecule has 0 aliphatic rings. The first-order valence-electron chi connectivity index (χ1n) is 8.41. The average molecular weight is 366 g/mol. The number of nitrogens with zero attached hydrogens (tertiary/aromatic N) is 2. The summed E-state index contributed by atoms with van der Waals surface area (Å²) >= 11 is 5.99. The van der Waals surface area contributed by atoms with E-state index in [2.05, 4.69) is 10.3 Å². The van der Waals surface area contributed by atoms with Gasteiger partial charge in [-0.25, -0.2) is 4.98 Å². The van der Waals surface area contributed by atoms with Crippen molar-refractivity contribution in [3.63, 3.8) is 0 Å². The van der Waals surface area contributed by atoms with Gasteiger partial charge in [0.2, 0.25) is 0 Å². The van der Waals surface area contributed by atoms with E-state index < -0.39 is 0 Å². The van der Waals surface area contributed by atoms with Crippen molar-refractivity contribution in [2.24, 2.45) is 0 Å². The fourth-order valence-corrected chi connectivity index (χ4v) is 2.82. The third-order valence-electron chi connectivity index (χ3n) is 4.06. The van der Waals surface area contributed by atoms with Crippen molar-refractivity contribution in [1.82, 2.24) is 4.98 Å². The smallest absolute Gasteiger partial charge is 0.276 e. The summed E-state index contributed by atoms with van der Waals surface area (Å²) in [6.07, 6.45) is 2.54. The first-order valence-corrected chi connectivity index (χ1v) is 8.79. The second-order valence-electron chi connectivity index (χ2n) is 5.94. The number of pyridine rings is 1. The van der Waals surface area contributed by atoms with Gasteiger partial charge in [-0.05, 0) is 48.4 Å². The fourth-order valence-electron chi connectivity index (χ4n) is 2.61. The molecule has 4 nitrogen and oxygen atoms in total. The van der Waals surface area contributed by atoms with Gasteiger partial charge in [0.05, 0.1) is 11.9 Å². The largest absolute Gasteiger partial charge is 0.383 e. The second kappa shape index (κ2) is 8.50. The normalized spacial score (nSPS) is 10.4. The predicted molar refractivity (Wildman–Crippen MR) is 107 cm³/mol. The average Bonchev–Trinajstić information content (AvgIpc) is 2.68. The van der Waals surface area contributed by atoms with Gasteiger partial charge >= 0.3 is 0 Å². The van der Waals surface area contributed by atoms with E-state index in [1.54, 1.807) is 24.2 Å². The summed E-state index contributed by atoms with van der Waals surface area (Å²) in [6.45, 7) is 0.763. The fraction of sp³-hybridized carbons (Fsp3) is 0.143. The quantitative estimate of drug-likeness (QED) is 0.690. The highest BCUT2D eigenvalue weighted by atomic mass is 35.5. The molecule has 0 atom stereocenters. The summed E-state index contributed by atoms with van der Waals surface area (Å²) < 4.78 is 0.